The average molecular weight is 249 g/mol. The molecule has 0 spiro atoms. The van der Waals surface area contributed by atoms with E-state index in [9.17, 15) is 0 Å². The lowest BCUT2D eigenvalue weighted by atomic mass is 10.1. The first-order valence-corrected chi connectivity index (χ1v) is 7.07. The Bertz CT molecular complexity index is 331. The molecule has 100 valence electrons. The Hall–Kier alpha value is -1.16. The Morgan fingerprint density at radius 3 is 2.56 bits per heavy atom. The zero-order valence-corrected chi connectivity index (χ0v) is 11.2. The third-order valence-corrected chi connectivity index (χ3v) is 3.33. The van der Waals surface area contributed by atoms with Gasteiger partial charge >= 0.3 is 0 Å². The smallest absolute Gasteiger partial charge is 0.232 e. The first kappa shape index (κ1) is 13.3. The number of ether oxygens (including phenoxy) is 1. The summed E-state index contributed by atoms with van der Waals surface area (Å²) in [6.07, 6.45) is 11.4. The second-order valence-corrected chi connectivity index (χ2v) is 4.86. The van der Waals surface area contributed by atoms with Crippen molar-refractivity contribution in [3.05, 3.63) is 18.1 Å². The van der Waals surface area contributed by atoms with Gasteiger partial charge in [-0.3, -0.25) is 4.98 Å². The van der Waals surface area contributed by atoms with E-state index < -0.39 is 0 Å². The van der Waals surface area contributed by atoms with Crippen LogP contribution in [-0.2, 0) is 6.54 Å². The maximum Gasteiger partial charge on any atom is 0.232 e. The second-order valence-electron chi connectivity index (χ2n) is 4.86. The molecule has 1 saturated carbocycles. The van der Waals surface area contributed by atoms with Crippen LogP contribution in [0.1, 0.15) is 51.1 Å². The minimum absolute atomic E-state index is 0.335. The van der Waals surface area contributed by atoms with Gasteiger partial charge in [0.2, 0.25) is 5.88 Å². The number of hydrogen-bond acceptors (Lipinski definition) is 4. The van der Waals surface area contributed by atoms with Crippen LogP contribution in [0.4, 0.5) is 0 Å². The third kappa shape index (κ3) is 4.26. The summed E-state index contributed by atoms with van der Waals surface area (Å²) < 4.78 is 5.90. The van der Waals surface area contributed by atoms with Crippen LogP contribution in [-0.4, -0.2) is 22.6 Å². The topological polar surface area (TPSA) is 47.0 Å². The van der Waals surface area contributed by atoms with Gasteiger partial charge in [-0.25, -0.2) is 4.98 Å². The molecule has 1 aromatic heterocycles. The lowest BCUT2D eigenvalue weighted by Crippen LogP contribution is -2.17. The number of nitrogens with zero attached hydrogens (tertiary/aromatic N) is 2. The fourth-order valence-corrected chi connectivity index (χ4v) is 2.28. The van der Waals surface area contributed by atoms with Crippen molar-refractivity contribution in [2.75, 3.05) is 6.54 Å². The third-order valence-electron chi connectivity index (χ3n) is 3.33. The Balaban J connectivity index is 1.84. The summed E-state index contributed by atoms with van der Waals surface area (Å²) in [6.45, 7) is 3.80. The molecule has 1 aliphatic carbocycles. The van der Waals surface area contributed by atoms with Crippen molar-refractivity contribution in [1.29, 1.82) is 0 Å². The van der Waals surface area contributed by atoms with Gasteiger partial charge in [0.25, 0.3) is 0 Å². The van der Waals surface area contributed by atoms with E-state index in [1.807, 2.05) is 0 Å². The fourth-order valence-electron chi connectivity index (χ4n) is 2.28. The lowest BCUT2D eigenvalue weighted by molar-refractivity contribution is 0.175. The number of hydrogen-bond donors (Lipinski definition) is 1. The van der Waals surface area contributed by atoms with Crippen LogP contribution < -0.4 is 10.1 Å². The van der Waals surface area contributed by atoms with Gasteiger partial charge in [0.15, 0.2) is 0 Å². The molecule has 0 amide bonds. The molecule has 2 rings (SSSR count). The van der Waals surface area contributed by atoms with E-state index in [4.69, 9.17) is 4.74 Å². The monoisotopic (exact) mass is 249 g/mol. The Labute approximate surface area is 109 Å². The lowest BCUT2D eigenvalue weighted by Gasteiger charge is -2.15. The summed E-state index contributed by atoms with van der Waals surface area (Å²) in [5.74, 6) is 0.669. The van der Waals surface area contributed by atoms with Crippen LogP contribution in [0.3, 0.4) is 0 Å². The Morgan fingerprint density at radius 1 is 1.17 bits per heavy atom. The largest absolute Gasteiger partial charge is 0.473 e. The highest BCUT2D eigenvalue weighted by Crippen LogP contribution is 2.21. The van der Waals surface area contributed by atoms with Crippen LogP contribution in [0, 0.1) is 0 Å². The highest BCUT2D eigenvalue weighted by Gasteiger charge is 2.14. The average Bonchev–Trinajstić information content (AvgIpc) is 2.67. The number of aromatic nitrogens is 2. The van der Waals surface area contributed by atoms with E-state index in [0.29, 0.717) is 12.0 Å². The highest BCUT2D eigenvalue weighted by atomic mass is 16.5. The molecule has 0 aromatic carbocycles. The first-order valence-electron chi connectivity index (χ1n) is 7.07. The summed E-state index contributed by atoms with van der Waals surface area (Å²) in [4.78, 5) is 8.69. The normalized spacial score (nSPS) is 17.4. The molecule has 1 aromatic rings. The highest BCUT2D eigenvalue weighted by molar-refractivity contribution is 5.07. The maximum atomic E-state index is 5.90. The zero-order chi connectivity index (χ0) is 12.6. The van der Waals surface area contributed by atoms with Gasteiger partial charge in [-0.1, -0.05) is 19.8 Å². The molecule has 0 bridgehead atoms. The molecule has 0 aliphatic heterocycles. The van der Waals surface area contributed by atoms with Gasteiger partial charge in [-0.15, -0.1) is 0 Å². The molecule has 0 saturated heterocycles. The summed E-state index contributed by atoms with van der Waals surface area (Å²) >= 11 is 0. The molecule has 1 fully saturated rings. The standard InChI is InChI=1S/C14H23N3O/c1-2-15-9-12-10-17-14(11-16-12)18-13-7-5-3-4-6-8-13/h10-11,13,15H,2-9H2,1H3. The predicted octanol–water partition coefficient (Wildman–Crippen LogP) is 2.69. The fraction of sp³-hybridized carbons (Fsp3) is 0.714. The molecule has 1 heterocycles. The van der Waals surface area contributed by atoms with E-state index in [1.165, 1.54) is 25.7 Å². The molecule has 0 unspecified atom stereocenters. The second kappa shape index (κ2) is 7.31. The maximum absolute atomic E-state index is 5.90. The zero-order valence-electron chi connectivity index (χ0n) is 11.2. The quantitative estimate of drug-likeness (QED) is 0.815. The van der Waals surface area contributed by atoms with E-state index in [-0.39, 0.29) is 0 Å². The van der Waals surface area contributed by atoms with Gasteiger partial charge in [0.05, 0.1) is 18.1 Å². The van der Waals surface area contributed by atoms with Gasteiger partial charge in [0, 0.05) is 6.54 Å². The van der Waals surface area contributed by atoms with Gasteiger partial charge in [-0.05, 0) is 32.2 Å². The van der Waals surface area contributed by atoms with Crippen LogP contribution in [0.15, 0.2) is 12.4 Å². The van der Waals surface area contributed by atoms with Gasteiger partial charge in [-0.2, -0.15) is 0 Å². The van der Waals surface area contributed by atoms with Crippen LogP contribution in [0.2, 0.25) is 0 Å². The molecule has 1 N–H and O–H groups in total. The van der Waals surface area contributed by atoms with Crippen LogP contribution in [0.5, 0.6) is 5.88 Å². The Kier molecular flexibility index (Phi) is 5.39. The number of rotatable bonds is 5. The van der Waals surface area contributed by atoms with E-state index in [0.717, 1.165) is 31.6 Å². The molecule has 18 heavy (non-hydrogen) atoms. The summed E-state index contributed by atoms with van der Waals surface area (Å²) in [6, 6.07) is 0. The van der Waals surface area contributed by atoms with Crippen molar-refractivity contribution in [3.63, 3.8) is 0 Å². The van der Waals surface area contributed by atoms with E-state index >= 15 is 0 Å². The molecular weight excluding hydrogens is 226 g/mol. The molecule has 0 radical (unpaired) electrons. The van der Waals surface area contributed by atoms with Crippen molar-refractivity contribution in [2.45, 2.75) is 58.1 Å². The van der Waals surface area contributed by atoms with Gasteiger partial charge < -0.3 is 10.1 Å². The number of nitrogens with one attached hydrogen (secondary N) is 1. The van der Waals surface area contributed by atoms with Crippen LogP contribution >= 0.6 is 0 Å². The SMILES string of the molecule is CCNCc1cnc(OC2CCCCCC2)cn1. The molecule has 0 atom stereocenters. The van der Waals surface area contributed by atoms with Crippen molar-refractivity contribution < 1.29 is 4.74 Å². The minimum atomic E-state index is 0.335. The predicted molar refractivity (Wildman–Crippen MR) is 71.5 cm³/mol. The Morgan fingerprint density at radius 2 is 1.94 bits per heavy atom. The summed E-state index contributed by atoms with van der Waals surface area (Å²) in [5.41, 5.74) is 0.963. The van der Waals surface area contributed by atoms with E-state index in [1.54, 1.807) is 12.4 Å². The molecular formula is C14H23N3O. The molecule has 1 aliphatic rings. The van der Waals surface area contributed by atoms with Crippen molar-refractivity contribution in [1.82, 2.24) is 15.3 Å². The van der Waals surface area contributed by atoms with Crippen molar-refractivity contribution in [3.8, 4) is 5.88 Å². The summed E-state index contributed by atoms with van der Waals surface area (Å²) in [5, 5.41) is 3.23. The van der Waals surface area contributed by atoms with Crippen molar-refractivity contribution in [2.24, 2.45) is 0 Å². The minimum Gasteiger partial charge on any atom is -0.473 e. The molecule has 4 heteroatoms. The van der Waals surface area contributed by atoms with Gasteiger partial charge in [0.1, 0.15) is 6.10 Å². The van der Waals surface area contributed by atoms with E-state index in [2.05, 4.69) is 22.2 Å². The first-order chi connectivity index (χ1) is 8.88. The van der Waals surface area contributed by atoms with Crippen LogP contribution in [0.25, 0.3) is 0 Å². The summed E-state index contributed by atoms with van der Waals surface area (Å²) in [7, 11) is 0. The molecule has 4 nitrogen and oxygen atoms in total. The van der Waals surface area contributed by atoms with Crippen molar-refractivity contribution >= 4 is 0 Å².